The summed E-state index contributed by atoms with van der Waals surface area (Å²) >= 11 is 1.70. The molecule has 0 radical (unpaired) electrons. The van der Waals surface area contributed by atoms with Crippen molar-refractivity contribution in [1.29, 1.82) is 0 Å². The minimum atomic E-state index is -0.120. The molecule has 0 bridgehead atoms. The second kappa shape index (κ2) is 7.33. The number of nitrogens with zero attached hydrogens (tertiary/aromatic N) is 1. The molecule has 0 aliphatic heterocycles. The average molecular weight is 316 g/mol. The van der Waals surface area contributed by atoms with Crippen molar-refractivity contribution in [3.8, 4) is 0 Å². The van der Waals surface area contributed by atoms with E-state index in [-0.39, 0.29) is 18.2 Å². The fourth-order valence-electron chi connectivity index (χ4n) is 2.20. The number of Topliss-reactive ketones (excluding diaryl/α,β-unsaturated/α-hetero) is 1. The molecule has 0 aliphatic rings. The predicted octanol–water partition coefficient (Wildman–Crippen LogP) is 3.33. The maximum atomic E-state index is 12.2. The Morgan fingerprint density at radius 3 is 2.59 bits per heavy atom. The summed E-state index contributed by atoms with van der Waals surface area (Å²) in [6, 6.07) is 9.14. The SMILES string of the molecule is CC(=O)c1ccccc1NC(=O)CN(C)Cc1sccc1C. The third-order valence-corrected chi connectivity index (χ3v) is 4.38. The standard InChI is InChI=1S/C17H20N2O2S/c1-12-8-9-22-16(12)10-19(3)11-17(21)18-15-7-5-4-6-14(15)13(2)20/h4-9H,10-11H2,1-3H3,(H,18,21). The van der Waals surface area contributed by atoms with Gasteiger partial charge in [-0.3, -0.25) is 14.5 Å². The van der Waals surface area contributed by atoms with Crippen LogP contribution in [0.1, 0.15) is 27.7 Å². The molecular formula is C17H20N2O2S. The number of hydrogen-bond donors (Lipinski definition) is 1. The Hall–Kier alpha value is -1.98. The summed E-state index contributed by atoms with van der Waals surface area (Å²) in [5.74, 6) is -0.177. The van der Waals surface area contributed by atoms with Crippen molar-refractivity contribution in [3.05, 3.63) is 51.7 Å². The van der Waals surface area contributed by atoms with Crippen LogP contribution in [0.2, 0.25) is 0 Å². The van der Waals surface area contributed by atoms with Crippen LogP contribution in [0.25, 0.3) is 0 Å². The fraction of sp³-hybridized carbons (Fsp3) is 0.294. The molecule has 0 atom stereocenters. The van der Waals surface area contributed by atoms with Gasteiger partial charge in [-0.05, 0) is 50.0 Å². The van der Waals surface area contributed by atoms with Gasteiger partial charge in [-0.1, -0.05) is 12.1 Å². The Labute approximate surface area is 134 Å². The Morgan fingerprint density at radius 1 is 1.23 bits per heavy atom. The predicted molar refractivity (Wildman–Crippen MR) is 90.5 cm³/mol. The van der Waals surface area contributed by atoms with Crippen LogP contribution in [0.5, 0.6) is 0 Å². The average Bonchev–Trinajstić information content (AvgIpc) is 2.84. The number of rotatable bonds is 6. The quantitative estimate of drug-likeness (QED) is 0.832. The first-order valence-electron chi connectivity index (χ1n) is 7.08. The molecule has 1 aromatic heterocycles. The molecule has 0 aliphatic carbocycles. The van der Waals surface area contributed by atoms with Gasteiger partial charge in [-0.2, -0.15) is 0 Å². The summed E-state index contributed by atoms with van der Waals surface area (Å²) in [4.78, 5) is 26.9. The van der Waals surface area contributed by atoms with Gasteiger partial charge in [0.05, 0.1) is 12.2 Å². The number of ketones is 1. The Kier molecular flexibility index (Phi) is 5.46. The molecule has 2 rings (SSSR count). The van der Waals surface area contributed by atoms with Crippen LogP contribution in [0.3, 0.4) is 0 Å². The highest BCUT2D eigenvalue weighted by Gasteiger charge is 2.12. The lowest BCUT2D eigenvalue weighted by Crippen LogP contribution is -2.30. The van der Waals surface area contributed by atoms with Crippen molar-refractivity contribution < 1.29 is 9.59 Å². The summed E-state index contributed by atoms with van der Waals surface area (Å²) in [5, 5.41) is 4.88. The summed E-state index contributed by atoms with van der Waals surface area (Å²) in [6.07, 6.45) is 0. The van der Waals surface area contributed by atoms with Gasteiger partial charge >= 0.3 is 0 Å². The maximum Gasteiger partial charge on any atom is 0.238 e. The molecular weight excluding hydrogens is 296 g/mol. The zero-order valence-corrected chi connectivity index (χ0v) is 13.9. The fourth-order valence-corrected chi connectivity index (χ4v) is 3.19. The molecule has 1 heterocycles. The number of aryl methyl sites for hydroxylation is 1. The minimum absolute atomic E-state index is 0.0570. The van der Waals surface area contributed by atoms with Gasteiger partial charge < -0.3 is 5.32 Å². The van der Waals surface area contributed by atoms with Crippen LogP contribution >= 0.6 is 11.3 Å². The Morgan fingerprint density at radius 2 is 1.95 bits per heavy atom. The van der Waals surface area contributed by atoms with Gasteiger partial charge in [0.15, 0.2) is 5.78 Å². The van der Waals surface area contributed by atoms with E-state index in [2.05, 4.69) is 23.7 Å². The summed E-state index contributed by atoms with van der Waals surface area (Å²) in [5.41, 5.74) is 2.35. The lowest BCUT2D eigenvalue weighted by Gasteiger charge is -2.16. The molecule has 0 fully saturated rings. The van der Waals surface area contributed by atoms with E-state index in [0.29, 0.717) is 11.3 Å². The number of carbonyl (C=O) groups is 2. The molecule has 1 amide bonds. The van der Waals surface area contributed by atoms with Gasteiger partial charge in [0.1, 0.15) is 0 Å². The molecule has 116 valence electrons. The van der Waals surface area contributed by atoms with Crippen molar-refractivity contribution in [1.82, 2.24) is 4.90 Å². The van der Waals surface area contributed by atoms with Crippen LogP contribution in [-0.4, -0.2) is 30.2 Å². The molecule has 0 spiro atoms. The number of carbonyl (C=O) groups excluding carboxylic acids is 2. The van der Waals surface area contributed by atoms with Crippen molar-refractivity contribution in [2.24, 2.45) is 0 Å². The van der Waals surface area contributed by atoms with Crippen molar-refractivity contribution in [2.75, 3.05) is 18.9 Å². The van der Waals surface area contributed by atoms with E-state index < -0.39 is 0 Å². The van der Waals surface area contributed by atoms with Crippen LogP contribution in [0.15, 0.2) is 35.7 Å². The first-order valence-corrected chi connectivity index (χ1v) is 7.96. The van der Waals surface area contributed by atoms with Crippen molar-refractivity contribution in [2.45, 2.75) is 20.4 Å². The normalized spacial score (nSPS) is 10.7. The summed E-state index contributed by atoms with van der Waals surface area (Å²) in [6.45, 7) is 4.59. The van der Waals surface area contributed by atoms with Crippen LogP contribution in [0, 0.1) is 6.92 Å². The molecule has 1 aromatic carbocycles. The lowest BCUT2D eigenvalue weighted by molar-refractivity contribution is -0.117. The maximum absolute atomic E-state index is 12.2. The molecule has 4 nitrogen and oxygen atoms in total. The summed E-state index contributed by atoms with van der Waals surface area (Å²) in [7, 11) is 1.91. The largest absolute Gasteiger partial charge is 0.324 e. The minimum Gasteiger partial charge on any atom is -0.324 e. The summed E-state index contributed by atoms with van der Waals surface area (Å²) < 4.78 is 0. The first-order chi connectivity index (χ1) is 10.5. The number of likely N-dealkylation sites (N-methyl/N-ethyl adjacent to an activating group) is 1. The van der Waals surface area contributed by atoms with Gasteiger partial charge in [0, 0.05) is 17.0 Å². The zero-order chi connectivity index (χ0) is 16.1. The topological polar surface area (TPSA) is 49.4 Å². The van der Waals surface area contributed by atoms with Gasteiger partial charge in [0.25, 0.3) is 0 Å². The van der Waals surface area contributed by atoms with E-state index in [4.69, 9.17) is 0 Å². The third kappa shape index (κ3) is 4.26. The van der Waals surface area contributed by atoms with E-state index in [9.17, 15) is 9.59 Å². The van der Waals surface area contributed by atoms with Crippen LogP contribution in [-0.2, 0) is 11.3 Å². The number of para-hydroxylation sites is 1. The molecule has 2 aromatic rings. The Balaban J connectivity index is 1.96. The number of amides is 1. The highest BCUT2D eigenvalue weighted by Crippen LogP contribution is 2.18. The van der Waals surface area contributed by atoms with Gasteiger partial charge in [-0.25, -0.2) is 0 Å². The number of nitrogens with one attached hydrogen (secondary N) is 1. The second-order valence-electron chi connectivity index (χ2n) is 5.35. The first kappa shape index (κ1) is 16.4. The number of anilines is 1. The lowest BCUT2D eigenvalue weighted by atomic mass is 10.1. The number of hydrogen-bond acceptors (Lipinski definition) is 4. The number of thiophene rings is 1. The highest BCUT2D eigenvalue weighted by molar-refractivity contribution is 7.10. The highest BCUT2D eigenvalue weighted by atomic mass is 32.1. The zero-order valence-electron chi connectivity index (χ0n) is 13.1. The van der Waals surface area contributed by atoms with E-state index in [0.717, 1.165) is 6.54 Å². The molecule has 22 heavy (non-hydrogen) atoms. The molecule has 5 heteroatoms. The Bertz CT molecular complexity index is 679. The van der Waals surface area contributed by atoms with E-state index >= 15 is 0 Å². The monoisotopic (exact) mass is 316 g/mol. The third-order valence-electron chi connectivity index (χ3n) is 3.38. The van der Waals surface area contributed by atoms with E-state index in [1.807, 2.05) is 11.9 Å². The number of benzene rings is 1. The molecule has 0 saturated carbocycles. The van der Waals surface area contributed by atoms with Crippen molar-refractivity contribution in [3.63, 3.8) is 0 Å². The van der Waals surface area contributed by atoms with Crippen LogP contribution in [0.4, 0.5) is 5.69 Å². The molecule has 0 saturated heterocycles. The molecule has 1 N–H and O–H groups in total. The van der Waals surface area contributed by atoms with Crippen LogP contribution < -0.4 is 5.32 Å². The second-order valence-corrected chi connectivity index (χ2v) is 6.35. The molecule has 0 unspecified atom stereocenters. The van der Waals surface area contributed by atoms with Gasteiger partial charge in [0.2, 0.25) is 5.91 Å². The van der Waals surface area contributed by atoms with Gasteiger partial charge in [-0.15, -0.1) is 11.3 Å². The van der Waals surface area contributed by atoms with E-state index in [1.165, 1.54) is 17.4 Å². The van der Waals surface area contributed by atoms with Crippen molar-refractivity contribution >= 4 is 28.7 Å². The van der Waals surface area contributed by atoms with E-state index in [1.54, 1.807) is 35.6 Å². The smallest absolute Gasteiger partial charge is 0.238 e.